The van der Waals surface area contributed by atoms with Gasteiger partial charge < -0.3 is 10.1 Å². The highest BCUT2D eigenvalue weighted by molar-refractivity contribution is 6.33. The van der Waals surface area contributed by atoms with E-state index in [9.17, 15) is 9.59 Å². The lowest BCUT2D eigenvalue weighted by Crippen LogP contribution is -2.39. The Labute approximate surface area is 150 Å². The topological polar surface area (TPSA) is 99.0 Å². The van der Waals surface area contributed by atoms with Crippen molar-refractivity contribution in [3.8, 4) is 0 Å². The second-order valence-corrected chi connectivity index (χ2v) is 5.86. The van der Waals surface area contributed by atoms with Gasteiger partial charge in [-0.25, -0.2) is 9.48 Å². The normalized spacial score (nSPS) is 11.8. The highest BCUT2D eigenvalue weighted by Gasteiger charge is 2.20. The fourth-order valence-electron chi connectivity index (χ4n) is 2.05. The van der Waals surface area contributed by atoms with Crippen LogP contribution >= 0.6 is 11.6 Å². The molecule has 0 spiro atoms. The fourth-order valence-corrected chi connectivity index (χ4v) is 2.27. The van der Waals surface area contributed by atoms with Crippen LogP contribution in [0.4, 0.5) is 0 Å². The Morgan fingerprint density at radius 1 is 1.36 bits per heavy atom. The van der Waals surface area contributed by atoms with Crippen molar-refractivity contribution in [2.24, 2.45) is 0 Å². The van der Waals surface area contributed by atoms with Gasteiger partial charge in [-0.1, -0.05) is 37.1 Å². The molecule has 1 atom stereocenters. The third-order valence-corrected chi connectivity index (χ3v) is 3.82. The van der Waals surface area contributed by atoms with Crippen molar-refractivity contribution in [2.45, 2.75) is 45.9 Å². The Morgan fingerprint density at radius 2 is 2.12 bits per heavy atom. The first-order chi connectivity index (χ1) is 12.0. The standard InChI is InChI=1S/C16H20ClN5O3/c1-3-4-9-22-14(19-20-21-22)10-25-16(24)11(2)18-15(23)12-7-5-6-8-13(12)17/h5-8,11H,3-4,9-10H2,1-2H3,(H,18,23)/t11-/m0/s1. The molecule has 9 heteroatoms. The molecular formula is C16H20ClN5O3. The molecule has 0 unspecified atom stereocenters. The van der Waals surface area contributed by atoms with Gasteiger partial charge in [-0.05, 0) is 35.9 Å². The van der Waals surface area contributed by atoms with Crippen molar-refractivity contribution in [1.82, 2.24) is 25.5 Å². The molecule has 1 heterocycles. The number of aromatic nitrogens is 4. The first-order valence-corrected chi connectivity index (χ1v) is 8.37. The van der Waals surface area contributed by atoms with Crippen LogP contribution in [0.1, 0.15) is 42.9 Å². The number of unbranched alkanes of at least 4 members (excludes halogenated alkanes) is 1. The minimum absolute atomic E-state index is 0.0537. The molecule has 8 nitrogen and oxygen atoms in total. The molecule has 0 radical (unpaired) electrons. The Kier molecular flexibility index (Phi) is 6.88. The van der Waals surface area contributed by atoms with E-state index in [-0.39, 0.29) is 6.61 Å². The van der Waals surface area contributed by atoms with Crippen molar-refractivity contribution in [3.05, 3.63) is 40.7 Å². The van der Waals surface area contributed by atoms with E-state index in [0.717, 1.165) is 12.8 Å². The molecular weight excluding hydrogens is 346 g/mol. The molecule has 0 saturated carbocycles. The summed E-state index contributed by atoms with van der Waals surface area (Å²) in [6.07, 6.45) is 1.93. The van der Waals surface area contributed by atoms with Gasteiger partial charge >= 0.3 is 5.97 Å². The monoisotopic (exact) mass is 365 g/mol. The van der Waals surface area contributed by atoms with Gasteiger partial charge in [0.05, 0.1) is 10.6 Å². The van der Waals surface area contributed by atoms with E-state index in [1.807, 2.05) is 0 Å². The molecule has 2 rings (SSSR count). The molecule has 0 fully saturated rings. The first kappa shape index (κ1) is 18.9. The SMILES string of the molecule is CCCCn1nnnc1COC(=O)[C@H](C)NC(=O)c1ccccc1Cl. The van der Waals surface area contributed by atoms with Crippen molar-refractivity contribution in [3.63, 3.8) is 0 Å². The van der Waals surface area contributed by atoms with E-state index in [4.69, 9.17) is 16.3 Å². The number of halogens is 1. The lowest BCUT2D eigenvalue weighted by Gasteiger charge is -2.13. The van der Waals surface area contributed by atoms with Gasteiger partial charge in [0.2, 0.25) is 0 Å². The number of nitrogens with one attached hydrogen (secondary N) is 1. The van der Waals surface area contributed by atoms with Crippen LogP contribution in [0.3, 0.4) is 0 Å². The van der Waals surface area contributed by atoms with Gasteiger partial charge in [0.15, 0.2) is 12.4 Å². The van der Waals surface area contributed by atoms with Gasteiger partial charge in [-0.2, -0.15) is 0 Å². The van der Waals surface area contributed by atoms with E-state index < -0.39 is 17.9 Å². The van der Waals surface area contributed by atoms with Gasteiger partial charge in [0, 0.05) is 6.54 Å². The van der Waals surface area contributed by atoms with Crippen molar-refractivity contribution >= 4 is 23.5 Å². The van der Waals surface area contributed by atoms with Gasteiger partial charge in [-0.15, -0.1) is 5.10 Å². The number of benzene rings is 1. The molecule has 0 saturated heterocycles. The summed E-state index contributed by atoms with van der Waals surface area (Å²) in [7, 11) is 0. The minimum Gasteiger partial charge on any atom is -0.456 e. The van der Waals surface area contributed by atoms with E-state index >= 15 is 0 Å². The maximum absolute atomic E-state index is 12.1. The van der Waals surface area contributed by atoms with E-state index in [2.05, 4.69) is 27.8 Å². The Morgan fingerprint density at radius 3 is 2.84 bits per heavy atom. The summed E-state index contributed by atoms with van der Waals surface area (Å²) < 4.78 is 6.79. The van der Waals surface area contributed by atoms with Crippen LogP contribution in [0.25, 0.3) is 0 Å². The number of hydrogen-bond acceptors (Lipinski definition) is 6. The van der Waals surface area contributed by atoms with Crippen LogP contribution in [0.15, 0.2) is 24.3 Å². The number of amides is 1. The molecule has 1 aromatic heterocycles. The summed E-state index contributed by atoms with van der Waals surface area (Å²) in [5.41, 5.74) is 0.298. The van der Waals surface area contributed by atoms with Crippen LogP contribution < -0.4 is 5.32 Å². The third-order valence-electron chi connectivity index (χ3n) is 3.49. The number of carbonyl (C=O) groups excluding carboxylic acids is 2. The number of esters is 1. The molecule has 0 aliphatic heterocycles. The molecule has 1 N–H and O–H groups in total. The zero-order chi connectivity index (χ0) is 18.2. The summed E-state index contributed by atoms with van der Waals surface area (Å²) in [4.78, 5) is 24.2. The lowest BCUT2D eigenvalue weighted by atomic mass is 10.2. The number of carbonyl (C=O) groups is 2. The van der Waals surface area contributed by atoms with E-state index in [1.165, 1.54) is 6.92 Å². The average molecular weight is 366 g/mol. The molecule has 0 bridgehead atoms. The highest BCUT2D eigenvalue weighted by atomic mass is 35.5. The Bertz CT molecular complexity index is 734. The van der Waals surface area contributed by atoms with Crippen LogP contribution in [0.2, 0.25) is 5.02 Å². The summed E-state index contributed by atoms with van der Waals surface area (Å²) in [5.74, 6) is -0.556. The van der Waals surface area contributed by atoms with Crippen LogP contribution in [-0.4, -0.2) is 38.1 Å². The zero-order valence-electron chi connectivity index (χ0n) is 14.1. The fraction of sp³-hybridized carbons (Fsp3) is 0.438. The first-order valence-electron chi connectivity index (χ1n) is 8.00. The van der Waals surface area contributed by atoms with Crippen molar-refractivity contribution in [1.29, 1.82) is 0 Å². The maximum atomic E-state index is 12.1. The molecule has 2 aromatic rings. The average Bonchev–Trinajstić information content (AvgIpc) is 3.05. The van der Waals surface area contributed by atoms with Crippen molar-refractivity contribution in [2.75, 3.05) is 0 Å². The summed E-state index contributed by atoms with van der Waals surface area (Å²) >= 11 is 5.97. The third kappa shape index (κ3) is 5.25. The lowest BCUT2D eigenvalue weighted by molar-refractivity contribution is -0.147. The predicted molar refractivity (Wildman–Crippen MR) is 90.9 cm³/mol. The summed E-state index contributed by atoms with van der Waals surface area (Å²) in [6, 6.07) is 5.77. The zero-order valence-corrected chi connectivity index (χ0v) is 14.9. The maximum Gasteiger partial charge on any atom is 0.328 e. The second-order valence-electron chi connectivity index (χ2n) is 5.45. The van der Waals surface area contributed by atoms with Crippen LogP contribution in [-0.2, 0) is 22.7 Å². The van der Waals surface area contributed by atoms with Crippen molar-refractivity contribution < 1.29 is 14.3 Å². The number of aryl methyl sites for hydroxylation is 1. The van der Waals surface area contributed by atoms with Gasteiger partial charge in [0.1, 0.15) is 6.04 Å². The Balaban J connectivity index is 1.87. The molecule has 0 aliphatic carbocycles. The van der Waals surface area contributed by atoms with Crippen LogP contribution in [0, 0.1) is 0 Å². The molecule has 1 amide bonds. The van der Waals surface area contributed by atoms with Crippen LogP contribution in [0.5, 0.6) is 0 Å². The predicted octanol–water partition coefficient (Wildman–Crippen LogP) is 1.99. The molecule has 0 aliphatic rings. The van der Waals surface area contributed by atoms with Gasteiger partial charge in [-0.3, -0.25) is 4.79 Å². The largest absolute Gasteiger partial charge is 0.456 e. The number of hydrogen-bond donors (Lipinski definition) is 1. The highest BCUT2D eigenvalue weighted by Crippen LogP contribution is 2.14. The number of nitrogens with zero attached hydrogens (tertiary/aromatic N) is 4. The Hall–Kier alpha value is -2.48. The number of tetrazole rings is 1. The van der Waals surface area contributed by atoms with Gasteiger partial charge in [0.25, 0.3) is 5.91 Å². The number of ether oxygens (including phenoxy) is 1. The molecule has 1 aromatic carbocycles. The summed E-state index contributed by atoms with van der Waals surface area (Å²) in [6.45, 7) is 4.21. The number of rotatable bonds is 8. The quantitative estimate of drug-likeness (QED) is 0.718. The van der Waals surface area contributed by atoms with E-state index in [0.29, 0.717) is 23.0 Å². The minimum atomic E-state index is -0.830. The smallest absolute Gasteiger partial charge is 0.328 e. The second kappa shape index (κ2) is 9.12. The molecule has 134 valence electrons. The summed E-state index contributed by atoms with van der Waals surface area (Å²) in [5, 5.41) is 14.2. The molecule has 25 heavy (non-hydrogen) atoms. The van der Waals surface area contributed by atoms with E-state index in [1.54, 1.807) is 28.9 Å².